The molecular weight excluding hydrogens is 332 g/mol. The van der Waals surface area contributed by atoms with Crippen molar-refractivity contribution in [1.29, 1.82) is 0 Å². The van der Waals surface area contributed by atoms with E-state index in [9.17, 15) is 4.79 Å². The van der Waals surface area contributed by atoms with E-state index >= 15 is 0 Å². The summed E-state index contributed by atoms with van der Waals surface area (Å²) in [6.45, 7) is 8.13. The van der Waals surface area contributed by atoms with Crippen molar-refractivity contribution in [3.05, 3.63) is 5.82 Å². The van der Waals surface area contributed by atoms with Gasteiger partial charge in [0.25, 0.3) is 0 Å². The molecule has 3 aliphatic rings. The molecule has 4 rings (SSSR count). The first-order valence-electron chi connectivity index (χ1n) is 9.76. The van der Waals surface area contributed by atoms with Gasteiger partial charge >= 0.3 is 0 Å². The van der Waals surface area contributed by atoms with Crippen molar-refractivity contribution in [1.82, 2.24) is 20.1 Å². The molecule has 2 saturated carbocycles. The Balaban J connectivity index is 1.36. The summed E-state index contributed by atoms with van der Waals surface area (Å²) in [6.07, 6.45) is 8.33. The fourth-order valence-electron chi connectivity index (χ4n) is 5.35. The standard InChI is InChI=1S/C19H30N4OS/c1-18(2)13-8-9-19(18,3)14(11-13)20-16(24)12-25-17-22-21-15-7-5-4-6-10-23(15)17/h13-14H,4-12H2,1-3H3,(H,20,24). The van der Waals surface area contributed by atoms with E-state index in [0.29, 0.717) is 17.2 Å². The lowest BCUT2D eigenvalue weighted by Gasteiger charge is -2.39. The molecule has 1 amide bonds. The van der Waals surface area contributed by atoms with Gasteiger partial charge in [-0.05, 0) is 48.9 Å². The molecule has 1 N–H and O–H groups in total. The molecule has 5 nitrogen and oxygen atoms in total. The third-order valence-corrected chi connectivity index (χ3v) is 8.50. The van der Waals surface area contributed by atoms with Gasteiger partial charge in [0.1, 0.15) is 5.82 Å². The van der Waals surface area contributed by atoms with E-state index in [1.54, 1.807) is 0 Å². The lowest BCUT2D eigenvalue weighted by molar-refractivity contribution is -0.120. The summed E-state index contributed by atoms with van der Waals surface area (Å²) < 4.78 is 2.22. The topological polar surface area (TPSA) is 59.8 Å². The van der Waals surface area contributed by atoms with E-state index in [1.165, 1.54) is 43.9 Å². The molecule has 2 bridgehead atoms. The van der Waals surface area contributed by atoms with Gasteiger partial charge in [0.2, 0.25) is 5.91 Å². The monoisotopic (exact) mass is 362 g/mol. The molecule has 0 radical (unpaired) electrons. The molecule has 1 aliphatic heterocycles. The van der Waals surface area contributed by atoms with Gasteiger partial charge in [-0.3, -0.25) is 4.79 Å². The Kier molecular flexibility index (Phi) is 4.37. The number of nitrogens with zero attached hydrogens (tertiary/aromatic N) is 3. The summed E-state index contributed by atoms with van der Waals surface area (Å²) in [5, 5.41) is 12.9. The number of thioether (sulfide) groups is 1. The smallest absolute Gasteiger partial charge is 0.230 e. The van der Waals surface area contributed by atoms with Crippen LogP contribution in [-0.4, -0.2) is 32.5 Å². The Morgan fingerprint density at radius 1 is 1.28 bits per heavy atom. The van der Waals surface area contributed by atoms with Gasteiger partial charge in [-0.2, -0.15) is 0 Å². The van der Waals surface area contributed by atoms with Crippen molar-refractivity contribution in [2.45, 2.75) is 83.5 Å². The van der Waals surface area contributed by atoms with E-state index in [1.807, 2.05) is 0 Å². The van der Waals surface area contributed by atoms with Gasteiger partial charge in [0.15, 0.2) is 5.16 Å². The van der Waals surface area contributed by atoms with Gasteiger partial charge in [0, 0.05) is 19.0 Å². The lowest BCUT2D eigenvalue weighted by Crippen LogP contribution is -2.47. The summed E-state index contributed by atoms with van der Waals surface area (Å²) in [7, 11) is 0. The molecule has 0 saturated heterocycles. The lowest BCUT2D eigenvalue weighted by atomic mass is 9.69. The van der Waals surface area contributed by atoms with Gasteiger partial charge in [-0.1, -0.05) is 39.0 Å². The average Bonchev–Trinajstić information content (AvgIpc) is 3.01. The average molecular weight is 363 g/mol. The number of aryl methyl sites for hydroxylation is 1. The number of aromatic nitrogens is 3. The van der Waals surface area contributed by atoms with Crippen LogP contribution in [0.2, 0.25) is 0 Å². The highest BCUT2D eigenvalue weighted by atomic mass is 32.2. The third kappa shape index (κ3) is 2.81. The molecule has 2 fully saturated rings. The molecule has 0 spiro atoms. The second-order valence-corrected chi connectivity index (χ2v) is 9.82. The second kappa shape index (κ2) is 6.29. The van der Waals surface area contributed by atoms with Crippen molar-refractivity contribution >= 4 is 17.7 Å². The zero-order valence-corrected chi connectivity index (χ0v) is 16.5. The van der Waals surface area contributed by atoms with E-state index < -0.39 is 0 Å². The highest BCUT2D eigenvalue weighted by molar-refractivity contribution is 7.99. The van der Waals surface area contributed by atoms with Crippen LogP contribution in [0.15, 0.2) is 5.16 Å². The minimum atomic E-state index is 0.144. The summed E-state index contributed by atoms with van der Waals surface area (Å²) in [5.41, 5.74) is 0.576. The summed E-state index contributed by atoms with van der Waals surface area (Å²) in [5.74, 6) is 2.42. The minimum absolute atomic E-state index is 0.144. The highest BCUT2D eigenvalue weighted by Gasteiger charge is 2.61. The molecule has 2 aliphatic carbocycles. The van der Waals surface area contributed by atoms with Crippen LogP contribution in [0.3, 0.4) is 0 Å². The van der Waals surface area contributed by atoms with Crippen LogP contribution >= 0.6 is 11.8 Å². The quantitative estimate of drug-likeness (QED) is 0.834. The van der Waals surface area contributed by atoms with E-state index in [4.69, 9.17) is 0 Å². The summed E-state index contributed by atoms with van der Waals surface area (Å²) >= 11 is 1.54. The third-order valence-electron chi connectivity index (χ3n) is 7.54. The number of hydrogen-bond donors (Lipinski definition) is 1. The van der Waals surface area contributed by atoms with Gasteiger partial charge in [0.05, 0.1) is 5.75 Å². The number of carbonyl (C=O) groups is 1. The molecular formula is C19H30N4OS. The molecule has 2 heterocycles. The zero-order valence-electron chi connectivity index (χ0n) is 15.7. The van der Waals surface area contributed by atoms with Crippen LogP contribution in [0.4, 0.5) is 0 Å². The molecule has 3 unspecified atom stereocenters. The molecule has 6 heteroatoms. The Morgan fingerprint density at radius 3 is 2.84 bits per heavy atom. The minimum Gasteiger partial charge on any atom is -0.352 e. The van der Waals surface area contributed by atoms with Gasteiger partial charge in [-0.15, -0.1) is 10.2 Å². The summed E-state index contributed by atoms with van der Waals surface area (Å²) in [4.78, 5) is 12.6. The maximum Gasteiger partial charge on any atom is 0.230 e. The highest BCUT2D eigenvalue weighted by Crippen LogP contribution is 2.65. The van der Waals surface area contributed by atoms with Crippen LogP contribution in [0.5, 0.6) is 0 Å². The zero-order chi connectivity index (χ0) is 17.7. The Bertz CT molecular complexity index is 670. The van der Waals surface area contributed by atoms with Crippen molar-refractivity contribution in [3.8, 4) is 0 Å². The van der Waals surface area contributed by atoms with E-state index in [0.717, 1.165) is 36.3 Å². The number of fused-ring (bicyclic) bond motifs is 3. The first kappa shape index (κ1) is 17.4. The molecule has 25 heavy (non-hydrogen) atoms. The largest absolute Gasteiger partial charge is 0.352 e. The Labute approximate surface area is 154 Å². The number of nitrogens with one attached hydrogen (secondary N) is 1. The molecule has 1 aromatic rings. The first-order valence-corrected chi connectivity index (χ1v) is 10.7. The number of amides is 1. The van der Waals surface area contributed by atoms with Crippen molar-refractivity contribution < 1.29 is 4.79 Å². The second-order valence-electron chi connectivity index (χ2n) is 8.88. The molecule has 3 atom stereocenters. The maximum absolute atomic E-state index is 12.6. The fourth-order valence-corrected chi connectivity index (χ4v) is 6.15. The summed E-state index contributed by atoms with van der Waals surface area (Å²) in [6, 6.07) is 0.324. The van der Waals surface area contributed by atoms with E-state index in [-0.39, 0.29) is 11.3 Å². The van der Waals surface area contributed by atoms with Crippen molar-refractivity contribution in [2.75, 3.05) is 5.75 Å². The number of hydrogen-bond acceptors (Lipinski definition) is 4. The van der Waals surface area contributed by atoms with Gasteiger partial charge < -0.3 is 9.88 Å². The number of rotatable bonds is 4. The fraction of sp³-hybridized carbons (Fsp3) is 0.842. The molecule has 138 valence electrons. The van der Waals surface area contributed by atoms with Crippen LogP contribution in [0.25, 0.3) is 0 Å². The Hall–Kier alpha value is -1.04. The maximum atomic E-state index is 12.6. The Morgan fingerprint density at radius 2 is 2.12 bits per heavy atom. The van der Waals surface area contributed by atoms with Crippen LogP contribution < -0.4 is 5.32 Å². The number of carbonyl (C=O) groups excluding carboxylic acids is 1. The van der Waals surface area contributed by atoms with Crippen molar-refractivity contribution in [3.63, 3.8) is 0 Å². The van der Waals surface area contributed by atoms with E-state index in [2.05, 4.69) is 40.9 Å². The molecule has 1 aromatic heterocycles. The predicted molar refractivity (Wildman–Crippen MR) is 99.5 cm³/mol. The van der Waals surface area contributed by atoms with Crippen LogP contribution in [0.1, 0.15) is 65.1 Å². The normalized spacial score (nSPS) is 33.1. The predicted octanol–water partition coefficient (Wildman–Crippen LogP) is 3.43. The SMILES string of the molecule is CC1(C)C2CCC1(C)C(NC(=O)CSc1nnc3n1CCCCC3)C2. The van der Waals surface area contributed by atoms with Gasteiger partial charge in [-0.25, -0.2) is 0 Å². The molecule has 0 aromatic carbocycles. The first-order chi connectivity index (χ1) is 11.9. The van der Waals surface area contributed by atoms with Crippen molar-refractivity contribution in [2.24, 2.45) is 16.7 Å². The van der Waals surface area contributed by atoms with Crippen LogP contribution in [0, 0.1) is 16.7 Å². The van der Waals surface area contributed by atoms with Crippen LogP contribution in [-0.2, 0) is 17.8 Å².